The zero-order valence-corrected chi connectivity index (χ0v) is 9.51. The van der Waals surface area contributed by atoms with Gasteiger partial charge in [0.25, 0.3) is 0 Å². The van der Waals surface area contributed by atoms with Crippen LogP contribution in [0, 0.1) is 12.8 Å². The fraction of sp³-hybridized carbons (Fsp3) is 0.636. The summed E-state index contributed by atoms with van der Waals surface area (Å²) in [6.07, 6.45) is 2.99. The molecule has 0 aliphatic carbocycles. The van der Waals surface area contributed by atoms with E-state index in [1.165, 1.54) is 0 Å². The molecule has 0 bridgehead atoms. The van der Waals surface area contributed by atoms with Crippen LogP contribution in [0.1, 0.15) is 30.2 Å². The SMILES string of the molecule is Cc1nn(C)cc1C1OCCCC1C(=O)O. The zero-order chi connectivity index (χ0) is 11.7. The Hall–Kier alpha value is -1.36. The van der Waals surface area contributed by atoms with Crippen LogP contribution in [0.4, 0.5) is 0 Å². The summed E-state index contributed by atoms with van der Waals surface area (Å²) in [7, 11) is 1.83. The lowest BCUT2D eigenvalue weighted by molar-refractivity contribution is -0.151. The molecule has 1 aliphatic heterocycles. The number of hydrogen-bond donors (Lipinski definition) is 1. The summed E-state index contributed by atoms with van der Waals surface area (Å²) < 4.78 is 7.29. The lowest BCUT2D eigenvalue weighted by Gasteiger charge is -2.28. The third-order valence-electron chi connectivity index (χ3n) is 3.00. The van der Waals surface area contributed by atoms with Crippen molar-refractivity contribution in [2.75, 3.05) is 6.61 Å². The first-order valence-corrected chi connectivity index (χ1v) is 5.44. The Morgan fingerprint density at radius 2 is 2.44 bits per heavy atom. The van der Waals surface area contributed by atoms with Crippen molar-refractivity contribution in [2.45, 2.75) is 25.9 Å². The largest absolute Gasteiger partial charge is 0.481 e. The Bertz CT molecular complexity index is 400. The maximum absolute atomic E-state index is 11.1. The van der Waals surface area contributed by atoms with Crippen molar-refractivity contribution in [3.63, 3.8) is 0 Å². The first-order valence-electron chi connectivity index (χ1n) is 5.44. The molecular weight excluding hydrogens is 208 g/mol. The summed E-state index contributed by atoms with van der Waals surface area (Å²) in [5, 5.41) is 13.4. The van der Waals surface area contributed by atoms with Gasteiger partial charge in [0.15, 0.2) is 0 Å². The number of carboxylic acids is 1. The molecule has 16 heavy (non-hydrogen) atoms. The fourth-order valence-corrected chi connectivity index (χ4v) is 2.24. The molecule has 2 unspecified atom stereocenters. The van der Waals surface area contributed by atoms with Crippen molar-refractivity contribution in [2.24, 2.45) is 13.0 Å². The molecular formula is C11H16N2O3. The Labute approximate surface area is 94.0 Å². The first-order chi connectivity index (χ1) is 7.59. The van der Waals surface area contributed by atoms with Crippen molar-refractivity contribution in [3.05, 3.63) is 17.5 Å². The molecule has 2 heterocycles. The van der Waals surface area contributed by atoms with Crippen molar-refractivity contribution >= 4 is 5.97 Å². The highest BCUT2D eigenvalue weighted by molar-refractivity contribution is 5.71. The summed E-state index contributed by atoms with van der Waals surface area (Å²) >= 11 is 0. The monoisotopic (exact) mass is 224 g/mol. The van der Waals surface area contributed by atoms with Crippen molar-refractivity contribution < 1.29 is 14.6 Å². The van der Waals surface area contributed by atoms with E-state index in [0.717, 1.165) is 17.7 Å². The molecule has 0 amide bonds. The molecule has 1 saturated heterocycles. The number of aliphatic carboxylic acids is 1. The van der Waals surface area contributed by atoms with Gasteiger partial charge in [0.2, 0.25) is 0 Å². The van der Waals surface area contributed by atoms with Crippen molar-refractivity contribution in [1.82, 2.24) is 9.78 Å². The van der Waals surface area contributed by atoms with Crippen LogP contribution in [0.2, 0.25) is 0 Å². The van der Waals surface area contributed by atoms with E-state index in [0.29, 0.717) is 13.0 Å². The minimum atomic E-state index is -0.784. The minimum absolute atomic E-state index is 0.347. The topological polar surface area (TPSA) is 64.4 Å². The van der Waals surface area contributed by atoms with Gasteiger partial charge in [-0.25, -0.2) is 0 Å². The highest BCUT2D eigenvalue weighted by Crippen LogP contribution is 2.34. The van der Waals surface area contributed by atoms with Crippen molar-refractivity contribution in [3.8, 4) is 0 Å². The number of ether oxygens (including phenoxy) is 1. The molecule has 1 aromatic heterocycles. The highest BCUT2D eigenvalue weighted by atomic mass is 16.5. The smallest absolute Gasteiger partial charge is 0.309 e. The average molecular weight is 224 g/mol. The molecule has 5 heteroatoms. The summed E-state index contributed by atoms with van der Waals surface area (Å²) in [6.45, 7) is 2.51. The van der Waals surface area contributed by atoms with Gasteiger partial charge < -0.3 is 9.84 Å². The van der Waals surface area contributed by atoms with Crippen LogP contribution in [-0.2, 0) is 16.6 Å². The van der Waals surface area contributed by atoms with Crippen molar-refractivity contribution in [1.29, 1.82) is 0 Å². The molecule has 1 N–H and O–H groups in total. The molecule has 0 radical (unpaired) electrons. The number of nitrogens with zero attached hydrogens (tertiary/aromatic N) is 2. The van der Waals surface area contributed by atoms with E-state index < -0.39 is 11.9 Å². The predicted octanol–water partition coefficient (Wildman–Crippen LogP) is 1.28. The molecule has 88 valence electrons. The number of hydrogen-bond acceptors (Lipinski definition) is 3. The van der Waals surface area contributed by atoms with Gasteiger partial charge in [0.1, 0.15) is 0 Å². The van der Waals surface area contributed by atoms with Crippen LogP contribution in [0.5, 0.6) is 0 Å². The number of carbonyl (C=O) groups is 1. The van der Waals surface area contributed by atoms with E-state index in [-0.39, 0.29) is 6.10 Å². The first kappa shape index (κ1) is 11.1. The maximum atomic E-state index is 11.1. The quantitative estimate of drug-likeness (QED) is 0.821. The zero-order valence-electron chi connectivity index (χ0n) is 9.51. The second-order valence-electron chi connectivity index (χ2n) is 4.22. The van der Waals surface area contributed by atoms with Gasteiger partial charge in [0.05, 0.1) is 17.7 Å². The van der Waals surface area contributed by atoms with Crippen LogP contribution in [0.3, 0.4) is 0 Å². The molecule has 1 aromatic rings. The Balaban J connectivity index is 2.29. The summed E-state index contributed by atoms with van der Waals surface area (Å²) in [5.41, 5.74) is 1.75. The van der Waals surface area contributed by atoms with E-state index >= 15 is 0 Å². The van der Waals surface area contributed by atoms with Crippen LogP contribution in [0.15, 0.2) is 6.20 Å². The van der Waals surface area contributed by atoms with Gasteiger partial charge in [-0.05, 0) is 19.8 Å². The average Bonchev–Trinajstić information content (AvgIpc) is 2.57. The molecule has 2 rings (SSSR count). The second-order valence-corrected chi connectivity index (χ2v) is 4.22. The lowest BCUT2D eigenvalue weighted by Crippen LogP contribution is -2.29. The summed E-state index contributed by atoms with van der Waals surface area (Å²) in [5.74, 6) is -1.23. The maximum Gasteiger partial charge on any atom is 0.309 e. The third kappa shape index (κ3) is 1.95. The van der Waals surface area contributed by atoms with Crippen LogP contribution in [-0.4, -0.2) is 27.5 Å². The van der Waals surface area contributed by atoms with Gasteiger partial charge >= 0.3 is 5.97 Å². The predicted molar refractivity (Wildman–Crippen MR) is 57.0 cm³/mol. The van der Waals surface area contributed by atoms with Crippen LogP contribution < -0.4 is 0 Å². The minimum Gasteiger partial charge on any atom is -0.481 e. The Morgan fingerprint density at radius 1 is 1.69 bits per heavy atom. The lowest BCUT2D eigenvalue weighted by atomic mass is 9.90. The van der Waals surface area contributed by atoms with Crippen LogP contribution in [0.25, 0.3) is 0 Å². The van der Waals surface area contributed by atoms with E-state index in [2.05, 4.69) is 5.10 Å². The fourth-order valence-electron chi connectivity index (χ4n) is 2.24. The van der Waals surface area contributed by atoms with E-state index in [1.807, 2.05) is 20.2 Å². The molecule has 1 aliphatic rings. The third-order valence-corrected chi connectivity index (χ3v) is 3.00. The van der Waals surface area contributed by atoms with Gasteiger partial charge in [-0.1, -0.05) is 0 Å². The number of aromatic nitrogens is 2. The standard InChI is InChI=1S/C11H16N2O3/c1-7-9(6-13(2)12-7)10-8(11(14)15)4-3-5-16-10/h6,8,10H,3-5H2,1-2H3,(H,14,15). The number of carboxylic acid groups (broad SMARTS) is 1. The molecule has 2 atom stereocenters. The Kier molecular flexibility index (Phi) is 2.96. The van der Waals surface area contributed by atoms with Gasteiger partial charge in [-0.15, -0.1) is 0 Å². The van der Waals surface area contributed by atoms with Gasteiger partial charge in [-0.2, -0.15) is 5.10 Å². The number of rotatable bonds is 2. The summed E-state index contributed by atoms with van der Waals surface area (Å²) in [4.78, 5) is 11.1. The molecule has 0 aromatic carbocycles. The van der Waals surface area contributed by atoms with E-state index in [4.69, 9.17) is 9.84 Å². The Morgan fingerprint density at radius 3 is 3.00 bits per heavy atom. The molecule has 5 nitrogen and oxygen atoms in total. The molecule has 1 fully saturated rings. The number of aryl methyl sites for hydroxylation is 2. The summed E-state index contributed by atoms with van der Waals surface area (Å²) in [6, 6.07) is 0. The van der Waals surface area contributed by atoms with Gasteiger partial charge in [0, 0.05) is 25.4 Å². The van der Waals surface area contributed by atoms with Crippen LogP contribution >= 0.6 is 0 Å². The second kappa shape index (κ2) is 4.25. The van der Waals surface area contributed by atoms with E-state index in [1.54, 1.807) is 4.68 Å². The van der Waals surface area contributed by atoms with Gasteiger partial charge in [-0.3, -0.25) is 9.48 Å². The van der Waals surface area contributed by atoms with E-state index in [9.17, 15) is 4.79 Å². The molecule has 0 spiro atoms. The highest BCUT2D eigenvalue weighted by Gasteiger charge is 2.34. The normalized spacial score (nSPS) is 25.6. The molecule has 0 saturated carbocycles.